The molecule has 0 spiro atoms. The topological polar surface area (TPSA) is 51.5 Å². The summed E-state index contributed by atoms with van der Waals surface area (Å²) in [4.78, 5) is 12.0. The van der Waals surface area contributed by atoms with E-state index in [2.05, 4.69) is 5.32 Å². The third-order valence-electron chi connectivity index (χ3n) is 2.92. The van der Waals surface area contributed by atoms with Gasteiger partial charge in [0.15, 0.2) is 0 Å². The van der Waals surface area contributed by atoms with E-state index in [9.17, 15) is 4.79 Å². The van der Waals surface area contributed by atoms with Gasteiger partial charge in [0.25, 0.3) is 5.91 Å². The molecule has 0 atom stereocenters. The summed E-state index contributed by atoms with van der Waals surface area (Å²) in [5.74, 6) is 0.448. The predicted octanol–water partition coefficient (Wildman–Crippen LogP) is 3.81. The second-order valence-corrected chi connectivity index (χ2v) is 4.49. The molecule has 4 nitrogen and oxygen atoms in total. The average Bonchev–Trinajstić information content (AvgIpc) is 2.80. The highest BCUT2D eigenvalue weighted by Crippen LogP contribution is 2.29. The van der Waals surface area contributed by atoms with Crippen molar-refractivity contribution in [2.75, 3.05) is 12.4 Å². The number of carbonyl (C=O) groups excluding carboxylic acids is 1. The molecule has 1 amide bonds. The molecule has 0 saturated heterocycles. The fourth-order valence-electron chi connectivity index (χ4n) is 1.92. The second-order valence-electron chi connectivity index (χ2n) is 4.15. The Hall–Kier alpha value is -1.94. The van der Waals surface area contributed by atoms with Crippen LogP contribution in [0.2, 0.25) is 5.22 Å². The van der Waals surface area contributed by atoms with Gasteiger partial charge in [-0.1, -0.05) is 6.07 Å². The van der Waals surface area contributed by atoms with Gasteiger partial charge in [0.05, 0.1) is 18.9 Å². The molecule has 100 valence electrons. The number of aryl methyl sites for hydroxylation is 1. The van der Waals surface area contributed by atoms with E-state index in [1.54, 1.807) is 7.11 Å². The zero-order valence-corrected chi connectivity index (χ0v) is 11.7. The molecule has 0 unspecified atom stereocenters. The Labute approximate surface area is 116 Å². The number of anilines is 1. The van der Waals surface area contributed by atoms with Crippen LogP contribution in [-0.4, -0.2) is 13.0 Å². The van der Waals surface area contributed by atoms with Gasteiger partial charge in [-0.15, -0.1) is 0 Å². The molecule has 2 aromatic rings. The molecule has 2 rings (SSSR count). The van der Waals surface area contributed by atoms with Crippen LogP contribution in [0.1, 0.15) is 21.5 Å². The number of methoxy groups -OCH3 is 1. The molecular formula is C14H14ClNO3. The molecule has 0 radical (unpaired) electrons. The summed E-state index contributed by atoms with van der Waals surface area (Å²) in [6, 6.07) is 5.25. The summed E-state index contributed by atoms with van der Waals surface area (Å²) in [5, 5.41) is 2.87. The van der Waals surface area contributed by atoms with Crippen LogP contribution in [0.5, 0.6) is 5.75 Å². The van der Waals surface area contributed by atoms with E-state index in [0.29, 0.717) is 11.3 Å². The third-order valence-corrected chi connectivity index (χ3v) is 3.21. The molecule has 1 aromatic carbocycles. The van der Waals surface area contributed by atoms with Crippen molar-refractivity contribution in [3.05, 3.63) is 46.4 Å². The lowest BCUT2D eigenvalue weighted by atomic mass is 10.1. The minimum absolute atomic E-state index is 0.0780. The van der Waals surface area contributed by atoms with Crippen molar-refractivity contribution in [2.45, 2.75) is 13.8 Å². The molecule has 5 heteroatoms. The van der Waals surface area contributed by atoms with E-state index in [1.807, 2.05) is 26.0 Å². The Morgan fingerprint density at radius 1 is 1.32 bits per heavy atom. The molecule has 1 aromatic heterocycles. The van der Waals surface area contributed by atoms with Gasteiger partial charge in [-0.05, 0) is 43.1 Å². The van der Waals surface area contributed by atoms with Crippen molar-refractivity contribution < 1.29 is 13.9 Å². The number of furan rings is 1. The first-order chi connectivity index (χ1) is 9.04. The highest BCUT2D eigenvalue weighted by Gasteiger charge is 2.15. The third kappa shape index (κ3) is 2.58. The molecule has 0 aliphatic heterocycles. The van der Waals surface area contributed by atoms with Crippen LogP contribution in [-0.2, 0) is 0 Å². The Balaban J connectivity index is 2.30. The lowest BCUT2D eigenvalue weighted by Crippen LogP contribution is -2.12. The quantitative estimate of drug-likeness (QED) is 0.929. The van der Waals surface area contributed by atoms with Crippen molar-refractivity contribution in [3.63, 3.8) is 0 Å². The number of hydrogen-bond acceptors (Lipinski definition) is 3. The Morgan fingerprint density at radius 3 is 2.63 bits per heavy atom. The standard InChI is InChI=1S/C14H14ClNO3/c1-8-4-5-11(9(2)12(8)18-3)16-14(17)10-6-7-19-13(10)15/h4-7H,1-3H3,(H,16,17). The largest absolute Gasteiger partial charge is 0.496 e. The maximum Gasteiger partial charge on any atom is 0.260 e. The molecule has 0 saturated carbocycles. The molecule has 19 heavy (non-hydrogen) atoms. The van der Waals surface area contributed by atoms with Gasteiger partial charge in [0.1, 0.15) is 5.75 Å². The molecule has 1 N–H and O–H groups in total. The lowest BCUT2D eigenvalue weighted by Gasteiger charge is -2.13. The van der Waals surface area contributed by atoms with Crippen molar-refractivity contribution in [1.29, 1.82) is 0 Å². The smallest absolute Gasteiger partial charge is 0.260 e. The van der Waals surface area contributed by atoms with Crippen LogP contribution in [0.15, 0.2) is 28.9 Å². The van der Waals surface area contributed by atoms with Crippen molar-refractivity contribution in [1.82, 2.24) is 0 Å². The lowest BCUT2D eigenvalue weighted by molar-refractivity contribution is 0.102. The number of amides is 1. The Bertz CT molecular complexity index is 619. The normalized spacial score (nSPS) is 10.3. The van der Waals surface area contributed by atoms with Crippen LogP contribution >= 0.6 is 11.6 Å². The van der Waals surface area contributed by atoms with Crippen LogP contribution in [0.25, 0.3) is 0 Å². The van der Waals surface area contributed by atoms with Crippen LogP contribution < -0.4 is 10.1 Å². The second kappa shape index (κ2) is 5.36. The average molecular weight is 280 g/mol. The van der Waals surface area contributed by atoms with Gasteiger partial charge in [-0.2, -0.15) is 0 Å². The summed E-state index contributed by atoms with van der Waals surface area (Å²) < 4.78 is 10.2. The molecule has 0 aliphatic rings. The predicted molar refractivity (Wildman–Crippen MR) is 74.1 cm³/mol. The van der Waals surface area contributed by atoms with Gasteiger partial charge in [0.2, 0.25) is 5.22 Å². The summed E-state index contributed by atoms with van der Waals surface area (Å²) in [6.45, 7) is 3.84. The van der Waals surface area contributed by atoms with Gasteiger partial charge >= 0.3 is 0 Å². The Morgan fingerprint density at radius 2 is 2.05 bits per heavy atom. The van der Waals surface area contributed by atoms with Crippen LogP contribution in [0, 0.1) is 13.8 Å². The fraction of sp³-hybridized carbons (Fsp3) is 0.214. The van der Waals surface area contributed by atoms with Gasteiger partial charge in [0, 0.05) is 11.3 Å². The zero-order chi connectivity index (χ0) is 14.0. The minimum atomic E-state index is -0.312. The minimum Gasteiger partial charge on any atom is -0.496 e. The first-order valence-electron chi connectivity index (χ1n) is 5.73. The van der Waals surface area contributed by atoms with E-state index in [1.165, 1.54) is 12.3 Å². The SMILES string of the molecule is COc1c(C)ccc(NC(=O)c2ccoc2Cl)c1C. The summed E-state index contributed by atoms with van der Waals surface area (Å²) in [5.41, 5.74) is 2.88. The van der Waals surface area contributed by atoms with E-state index in [0.717, 1.165) is 16.9 Å². The van der Waals surface area contributed by atoms with E-state index < -0.39 is 0 Å². The maximum absolute atomic E-state index is 12.0. The molecule has 0 fully saturated rings. The van der Waals surface area contributed by atoms with Crippen molar-refractivity contribution in [2.24, 2.45) is 0 Å². The number of rotatable bonds is 3. The summed E-state index contributed by atoms with van der Waals surface area (Å²) >= 11 is 5.77. The summed E-state index contributed by atoms with van der Waals surface area (Å²) in [7, 11) is 1.61. The molecule has 0 bridgehead atoms. The maximum atomic E-state index is 12.0. The van der Waals surface area contributed by atoms with Crippen molar-refractivity contribution >= 4 is 23.2 Å². The zero-order valence-electron chi connectivity index (χ0n) is 10.9. The molecular weight excluding hydrogens is 266 g/mol. The Kier molecular flexibility index (Phi) is 3.81. The highest BCUT2D eigenvalue weighted by molar-refractivity contribution is 6.32. The number of ether oxygens (including phenoxy) is 1. The van der Waals surface area contributed by atoms with E-state index in [4.69, 9.17) is 20.8 Å². The number of nitrogens with one attached hydrogen (secondary N) is 1. The molecule has 0 aliphatic carbocycles. The van der Waals surface area contributed by atoms with Crippen LogP contribution in [0.3, 0.4) is 0 Å². The number of hydrogen-bond donors (Lipinski definition) is 1. The van der Waals surface area contributed by atoms with Gasteiger partial charge in [-0.3, -0.25) is 4.79 Å². The number of halogens is 1. The van der Waals surface area contributed by atoms with E-state index in [-0.39, 0.29) is 11.1 Å². The van der Waals surface area contributed by atoms with Gasteiger partial charge in [-0.25, -0.2) is 0 Å². The van der Waals surface area contributed by atoms with Crippen molar-refractivity contribution in [3.8, 4) is 5.75 Å². The first kappa shape index (κ1) is 13.5. The number of benzene rings is 1. The van der Waals surface area contributed by atoms with E-state index >= 15 is 0 Å². The number of carbonyl (C=O) groups is 1. The summed E-state index contributed by atoms with van der Waals surface area (Å²) in [6.07, 6.45) is 1.37. The van der Waals surface area contributed by atoms with Crippen LogP contribution in [0.4, 0.5) is 5.69 Å². The molecule has 1 heterocycles. The monoisotopic (exact) mass is 279 g/mol. The first-order valence-corrected chi connectivity index (χ1v) is 6.11. The highest BCUT2D eigenvalue weighted by atomic mass is 35.5. The van der Waals surface area contributed by atoms with Gasteiger partial charge < -0.3 is 14.5 Å². The fourth-order valence-corrected chi connectivity index (χ4v) is 2.12.